The third-order valence-electron chi connectivity index (χ3n) is 3.98. The second kappa shape index (κ2) is 6.21. The molecule has 7 heteroatoms. The van der Waals surface area contributed by atoms with Gasteiger partial charge in [-0.15, -0.1) is 0 Å². The van der Waals surface area contributed by atoms with Crippen LogP contribution in [0.5, 0.6) is 0 Å². The molecule has 1 aromatic rings. The van der Waals surface area contributed by atoms with Crippen molar-refractivity contribution < 1.29 is 4.92 Å². The largest absolute Gasteiger partial charge is 0.348 e. The maximum absolute atomic E-state index is 11.4. The number of piperidine rings is 1. The molecule has 0 radical (unpaired) electrons. The third kappa shape index (κ3) is 2.63. The van der Waals surface area contributed by atoms with Gasteiger partial charge in [0.15, 0.2) is 0 Å². The Morgan fingerprint density at radius 1 is 1.50 bits per heavy atom. The molecule has 1 unspecified atom stereocenters. The zero-order valence-electron chi connectivity index (χ0n) is 12.2. The minimum Gasteiger partial charge on any atom is -0.348 e. The van der Waals surface area contributed by atoms with Crippen LogP contribution in [0.4, 0.5) is 11.5 Å². The lowest BCUT2D eigenvalue weighted by Gasteiger charge is -2.36. The van der Waals surface area contributed by atoms with Crippen molar-refractivity contribution in [1.29, 1.82) is 0 Å². The minimum absolute atomic E-state index is 0.166. The van der Waals surface area contributed by atoms with E-state index in [-0.39, 0.29) is 16.7 Å². The minimum atomic E-state index is -0.296. The molecule has 2 rings (SSSR count). The van der Waals surface area contributed by atoms with Gasteiger partial charge in [0, 0.05) is 19.6 Å². The highest BCUT2D eigenvalue weighted by molar-refractivity contribution is 5.62. The van der Waals surface area contributed by atoms with Crippen molar-refractivity contribution >= 4 is 11.5 Å². The van der Waals surface area contributed by atoms with Gasteiger partial charge in [-0.3, -0.25) is 10.1 Å². The molecular weight excluding hydrogens is 258 g/mol. The van der Waals surface area contributed by atoms with E-state index in [0.29, 0.717) is 24.5 Å². The molecule has 0 spiro atoms. The van der Waals surface area contributed by atoms with Crippen LogP contribution in [0.1, 0.15) is 38.3 Å². The Morgan fingerprint density at radius 2 is 2.25 bits per heavy atom. The average Bonchev–Trinajstić information content (AvgIpc) is 2.76. The summed E-state index contributed by atoms with van der Waals surface area (Å²) < 4.78 is 1.66. The molecule has 2 N–H and O–H groups in total. The number of nitrogens with two attached hydrogens (primary N) is 1. The maximum atomic E-state index is 11.4. The topological polar surface area (TPSA) is 90.2 Å². The first-order valence-corrected chi connectivity index (χ1v) is 7.27. The number of anilines is 1. The number of hydrogen-bond acceptors (Lipinski definition) is 5. The van der Waals surface area contributed by atoms with Gasteiger partial charge in [0.25, 0.3) is 0 Å². The van der Waals surface area contributed by atoms with Crippen LogP contribution in [0.2, 0.25) is 0 Å². The molecule has 0 bridgehead atoms. The Morgan fingerprint density at radius 3 is 2.85 bits per heavy atom. The Hall–Kier alpha value is -1.63. The van der Waals surface area contributed by atoms with Crippen molar-refractivity contribution in [1.82, 2.24) is 9.78 Å². The third-order valence-corrected chi connectivity index (χ3v) is 3.98. The van der Waals surface area contributed by atoms with Crippen molar-refractivity contribution in [3.63, 3.8) is 0 Å². The molecule has 1 atom stereocenters. The normalized spacial score (nSPS) is 19.4. The summed E-state index contributed by atoms with van der Waals surface area (Å²) in [5.74, 6) is 0.644. The highest BCUT2D eigenvalue weighted by Gasteiger charge is 2.33. The summed E-state index contributed by atoms with van der Waals surface area (Å²) in [6.45, 7) is 3.34. The molecule has 0 aliphatic carbocycles. The number of nitrogens with zero attached hydrogens (tertiary/aromatic N) is 4. The van der Waals surface area contributed by atoms with Crippen molar-refractivity contribution in [2.75, 3.05) is 18.0 Å². The van der Waals surface area contributed by atoms with Gasteiger partial charge >= 0.3 is 5.69 Å². The fourth-order valence-corrected chi connectivity index (χ4v) is 3.08. The van der Waals surface area contributed by atoms with E-state index in [4.69, 9.17) is 5.73 Å². The second-order valence-electron chi connectivity index (χ2n) is 5.27. The molecule has 20 heavy (non-hydrogen) atoms. The van der Waals surface area contributed by atoms with Gasteiger partial charge in [-0.1, -0.05) is 6.92 Å². The van der Waals surface area contributed by atoms with E-state index >= 15 is 0 Å². The summed E-state index contributed by atoms with van der Waals surface area (Å²) in [6, 6.07) is 0.285. The molecule has 112 valence electrons. The summed E-state index contributed by atoms with van der Waals surface area (Å²) in [4.78, 5) is 13.3. The molecule has 1 fully saturated rings. The lowest BCUT2D eigenvalue weighted by Crippen LogP contribution is -2.42. The monoisotopic (exact) mass is 281 g/mol. The van der Waals surface area contributed by atoms with Crippen LogP contribution in [0.3, 0.4) is 0 Å². The highest BCUT2D eigenvalue weighted by Crippen LogP contribution is 2.36. The SMILES string of the molecule is CCc1nn(C)c(N2CCCCC2CCN)c1[N+](=O)[O-]. The van der Waals surface area contributed by atoms with Gasteiger partial charge in [0.1, 0.15) is 5.69 Å². The molecule has 7 nitrogen and oxygen atoms in total. The van der Waals surface area contributed by atoms with E-state index in [9.17, 15) is 10.1 Å². The average molecular weight is 281 g/mol. The van der Waals surface area contributed by atoms with Gasteiger partial charge in [-0.05, 0) is 38.6 Å². The zero-order valence-corrected chi connectivity index (χ0v) is 12.2. The van der Waals surface area contributed by atoms with Crippen molar-refractivity contribution in [2.45, 2.75) is 45.1 Å². The predicted molar refractivity (Wildman–Crippen MR) is 77.9 cm³/mol. The fourth-order valence-electron chi connectivity index (χ4n) is 3.08. The first-order chi connectivity index (χ1) is 9.60. The molecular formula is C13H23N5O2. The standard InChI is InChI=1S/C13H23N5O2/c1-3-11-12(18(19)20)13(16(2)15-11)17-9-5-4-6-10(17)7-8-14/h10H,3-9,14H2,1-2H3. The predicted octanol–water partition coefficient (Wildman–Crippen LogP) is 1.60. The molecule has 1 aliphatic rings. The van der Waals surface area contributed by atoms with Gasteiger partial charge < -0.3 is 10.6 Å². The van der Waals surface area contributed by atoms with Gasteiger partial charge in [0.2, 0.25) is 5.82 Å². The second-order valence-corrected chi connectivity index (χ2v) is 5.27. The van der Waals surface area contributed by atoms with E-state index in [1.165, 1.54) is 0 Å². The first kappa shape index (κ1) is 14.8. The summed E-state index contributed by atoms with van der Waals surface area (Å²) in [5, 5.41) is 15.7. The van der Waals surface area contributed by atoms with Crippen molar-refractivity contribution in [3.8, 4) is 0 Å². The first-order valence-electron chi connectivity index (χ1n) is 7.27. The molecule has 2 heterocycles. The van der Waals surface area contributed by atoms with Crippen LogP contribution in [-0.2, 0) is 13.5 Å². The Bertz CT molecular complexity index is 483. The van der Waals surface area contributed by atoms with Gasteiger partial charge in [-0.25, -0.2) is 4.68 Å². The van der Waals surface area contributed by atoms with Crippen LogP contribution >= 0.6 is 0 Å². The summed E-state index contributed by atoms with van der Waals surface area (Å²) in [5.41, 5.74) is 6.41. The smallest absolute Gasteiger partial charge is 0.334 e. The Labute approximate surface area is 118 Å². The highest BCUT2D eigenvalue weighted by atomic mass is 16.6. The number of nitro groups is 1. The quantitative estimate of drug-likeness (QED) is 0.654. The molecule has 0 saturated carbocycles. The summed E-state index contributed by atoms with van der Waals surface area (Å²) in [7, 11) is 1.79. The number of hydrogen-bond donors (Lipinski definition) is 1. The Balaban J connectivity index is 2.43. The van der Waals surface area contributed by atoms with Gasteiger partial charge in [-0.2, -0.15) is 5.10 Å². The van der Waals surface area contributed by atoms with Crippen molar-refractivity contribution in [2.24, 2.45) is 12.8 Å². The fraction of sp³-hybridized carbons (Fsp3) is 0.769. The van der Waals surface area contributed by atoms with E-state index in [2.05, 4.69) is 10.00 Å². The van der Waals surface area contributed by atoms with Gasteiger partial charge in [0.05, 0.1) is 4.92 Å². The van der Waals surface area contributed by atoms with Crippen LogP contribution in [0, 0.1) is 10.1 Å². The van der Waals surface area contributed by atoms with E-state index in [0.717, 1.165) is 32.2 Å². The number of rotatable bonds is 5. The summed E-state index contributed by atoms with van der Waals surface area (Å²) >= 11 is 0. The molecule has 0 aromatic carbocycles. The lowest BCUT2D eigenvalue weighted by molar-refractivity contribution is -0.384. The van der Waals surface area contributed by atoms with Crippen LogP contribution in [0.15, 0.2) is 0 Å². The lowest BCUT2D eigenvalue weighted by atomic mass is 9.99. The summed E-state index contributed by atoms with van der Waals surface area (Å²) in [6.07, 6.45) is 4.70. The van der Waals surface area contributed by atoms with Crippen LogP contribution < -0.4 is 10.6 Å². The molecule has 0 amide bonds. The van der Waals surface area contributed by atoms with E-state index in [1.807, 2.05) is 6.92 Å². The Kier molecular flexibility index (Phi) is 4.59. The van der Waals surface area contributed by atoms with Crippen LogP contribution in [0.25, 0.3) is 0 Å². The molecule has 1 aromatic heterocycles. The zero-order chi connectivity index (χ0) is 14.7. The molecule has 1 aliphatic heterocycles. The van der Waals surface area contributed by atoms with E-state index < -0.39 is 0 Å². The van der Waals surface area contributed by atoms with Crippen molar-refractivity contribution in [3.05, 3.63) is 15.8 Å². The van der Waals surface area contributed by atoms with E-state index in [1.54, 1.807) is 11.7 Å². The van der Waals surface area contributed by atoms with Crippen LogP contribution in [-0.4, -0.2) is 33.8 Å². The number of aromatic nitrogens is 2. The maximum Gasteiger partial charge on any atom is 0.334 e. The number of aryl methyl sites for hydroxylation is 2. The molecule has 1 saturated heterocycles.